The number of thiazole rings is 1. The van der Waals surface area contributed by atoms with Crippen LogP contribution in [0, 0.1) is 5.92 Å². The zero-order chi connectivity index (χ0) is 10.7. The Balaban J connectivity index is 1.94. The van der Waals surface area contributed by atoms with Crippen LogP contribution in [-0.2, 0) is 11.2 Å². The van der Waals surface area contributed by atoms with E-state index < -0.39 is 0 Å². The molecule has 1 N–H and O–H groups in total. The van der Waals surface area contributed by atoms with Crippen molar-refractivity contribution in [1.29, 1.82) is 0 Å². The number of hydrogen-bond acceptors (Lipinski definition) is 4. The van der Waals surface area contributed by atoms with Crippen molar-refractivity contribution in [2.24, 2.45) is 5.92 Å². The van der Waals surface area contributed by atoms with E-state index in [9.17, 15) is 0 Å². The van der Waals surface area contributed by atoms with Gasteiger partial charge in [0.05, 0.1) is 17.3 Å². The largest absolute Gasteiger partial charge is 0.396 e. The first kappa shape index (κ1) is 11.0. The van der Waals surface area contributed by atoms with E-state index in [2.05, 4.69) is 10.4 Å². The summed E-state index contributed by atoms with van der Waals surface area (Å²) in [5.74, 6) is 0.809. The van der Waals surface area contributed by atoms with Gasteiger partial charge < -0.3 is 9.84 Å². The molecular formula is C11H17NO2S. The van der Waals surface area contributed by atoms with Gasteiger partial charge in [-0.15, -0.1) is 11.3 Å². The lowest BCUT2D eigenvalue weighted by Gasteiger charge is -2.04. The van der Waals surface area contributed by atoms with Gasteiger partial charge in [-0.25, -0.2) is 4.98 Å². The van der Waals surface area contributed by atoms with Crippen LogP contribution in [0.4, 0.5) is 0 Å². The molecule has 0 amide bonds. The molecule has 1 fully saturated rings. The lowest BCUT2D eigenvalue weighted by molar-refractivity contribution is 0.186. The molecule has 84 valence electrons. The molecule has 15 heavy (non-hydrogen) atoms. The molecule has 0 radical (unpaired) electrons. The Morgan fingerprint density at radius 2 is 2.60 bits per heavy atom. The first-order valence-corrected chi connectivity index (χ1v) is 6.30. The molecule has 0 saturated carbocycles. The molecule has 3 nitrogen and oxygen atoms in total. The van der Waals surface area contributed by atoms with E-state index in [0.717, 1.165) is 31.7 Å². The molecule has 0 aromatic carbocycles. The Bertz CT molecular complexity index is 307. The van der Waals surface area contributed by atoms with Crippen LogP contribution in [0.25, 0.3) is 0 Å². The fraction of sp³-hybridized carbons (Fsp3) is 0.727. The number of aliphatic hydroxyl groups is 1. The van der Waals surface area contributed by atoms with Gasteiger partial charge in [-0.05, 0) is 12.3 Å². The fourth-order valence-electron chi connectivity index (χ4n) is 1.73. The van der Waals surface area contributed by atoms with Gasteiger partial charge in [-0.3, -0.25) is 0 Å². The topological polar surface area (TPSA) is 42.4 Å². The number of hydrogen-bond donors (Lipinski definition) is 1. The lowest BCUT2D eigenvalue weighted by atomic mass is 10.1. The van der Waals surface area contributed by atoms with E-state index in [1.54, 1.807) is 11.3 Å². The third kappa shape index (κ3) is 2.77. The predicted octanol–water partition coefficient (Wildman–Crippen LogP) is 1.82. The molecule has 1 aromatic heterocycles. The van der Waals surface area contributed by atoms with Crippen LogP contribution < -0.4 is 0 Å². The van der Waals surface area contributed by atoms with Gasteiger partial charge >= 0.3 is 0 Å². The smallest absolute Gasteiger partial charge is 0.0932 e. The maximum Gasteiger partial charge on any atom is 0.0932 e. The highest BCUT2D eigenvalue weighted by Crippen LogP contribution is 2.23. The van der Waals surface area contributed by atoms with Gasteiger partial charge in [-0.2, -0.15) is 0 Å². The van der Waals surface area contributed by atoms with E-state index in [0.29, 0.717) is 5.92 Å². The minimum absolute atomic E-state index is 0.162. The van der Waals surface area contributed by atoms with Crippen LogP contribution in [0.5, 0.6) is 0 Å². The maximum atomic E-state index is 9.03. The molecule has 1 aromatic rings. The second-order valence-electron chi connectivity index (χ2n) is 4.18. The summed E-state index contributed by atoms with van der Waals surface area (Å²) in [4.78, 5) is 4.55. The number of aromatic nitrogens is 1. The SMILES string of the molecule is CC(CO)c1csc(CC2CCOC2)n1. The summed E-state index contributed by atoms with van der Waals surface area (Å²) in [6.07, 6.45) is 2.19. The first-order chi connectivity index (χ1) is 7.29. The molecule has 0 bridgehead atoms. The van der Waals surface area contributed by atoms with Gasteiger partial charge in [0.2, 0.25) is 0 Å². The number of ether oxygens (including phenoxy) is 1. The van der Waals surface area contributed by atoms with Crippen LogP contribution in [0.3, 0.4) is 0 Å². The summed E-state index contributed by atoms with van der Waals surface area (Å²) in [6, 6.07) is 0. The zero-order valence-corrected chi connectivity index (χ0v) is 9.80. The molecule has 1 aliphatic rings. The quantitative estimate of drug-likeness (QED) is 0.853. The third-order valence-electron chi connectivity index (χ3n) is 2.84. The Kier molecular flexibility index (Phi) is 3.72. The van der Waals surface area contributed by atoms with Crippen LogP contribution >= 0.6 is 11.3 Å². The van der Waals surface area contributed by atoms with Crippen molar-refractivity contribution in [2.75, 3.05) is 19.8 Å². The van der Waals surface area contributed by atoms with Gasteiger partial charge in [0.1, 0.15) is 0 Å². The second kappa shape index (κ2) is 5.05. The van der Waals surface area contributed by atoms with E-state index in [4.69, 9.17) is 9.84 Å². The second-order valence-corrected chi connectivity index (χ2v) is 5.13. The van der Waals surface area contributed by atoms with Crippen LogP contribution in [0.2, 0.25) is 0 Å². The monoisotopic (exact) mass is 227 g/mol. The average Bonchev–Trinajstić information content (AvgIpc) is 2.88. The van der Waals surface area contributed by atoms with Crippen molar-refractivity contribution in [3.63, 3.8) is 0 Å². The Morgan fingerprint density at radius 3 is 3.27 bits per heavy atom. The molecule has 0 spiro atoms. The molecule has 2 rings (SSSR count). The number of nitrogens with zero attached hydrogens (tertiary/aromatic N) is 1. The van der Waals surface area contributed by atoms with E-state index in [1.807, 2.05) is 6.92 Å². The van der Waals surface area contributed by atoms with Crippen molar-refractivity contribution >= 4 is 11.3 Å². The summed E-state index contributed by atoms with van der Waals surface area (Å²) in [5, 5.41) is 12.3. The average molecular weight is 227 g/mol. The summed E-state index contributed by atoms with van der Waals surface area (Å²) >= 11 is 1.70. The third-order valence-corrected chi connectivity index (χ3v) is 3.72. The van der Waals surface area contributed by atoms with Crippen molar-refractivity contribution in [3.05, 3.63) is 16.1 Å². The van der Waals surface area contributed by atoms with Gasteiger partial charge in [0, 0.05) is 30.9 Å². The Labute approximate surface area is 94.1 Å². The Hall–Kier alpha value is -0.450. The molecule has 2 unspecified atom stereocenters. The molecule has 2 heterocycles. The highest BCUT2D eigenvalue weighted by Gasteiger charge is 2.18. The van der Waals surface area contributed by atoms with Crippen molar-refractivity contribution in [1.82, 2.24) is 4.98 Å². The molecule has 4 heteroatoms. The summed E-state index contributed by atoms with van der Waals surface area (Å²) in [6.45, 7) is 3.95. The van der Waals surface area contributed by atoms with Crippen molar-refractivity contribution in [3.8, 4) is 0 Å². The first-order valence-electron chi connectivity index (χ1n) is 5.42. The van der Waals surface area contributed by atoms with E-state index in [1.165, 1.54) is 5.01 Å². The summed E-state index contributed by atoms with van der Waals surface area (Å²) in [7, 11) is 0. The minimum Gasteiger partial charge on any atom is -0.396 e. The van der Waals surface area contributed by atoms with E-state index >= 15 is 0 Å². The van der Waals surface area contributed by atoms with Gasteiger partial charge in [0.15, 0.2) is 0 Å². The van der Waals surface area contributed by atoms with Gasteiger partial charge in [0.25, 0.3) is 0 Å². The molecular weight excluding hydrogens is 210 g/mol. The number of rotatable bonds is 4. The minimum atomic E-state index is 0.162. The standard InChI is InChI=1S/C11H17NO2S/c1-8(5-13)10-7-15-11(12-10)4-9-2-3-14-6-9/h7-9,13H,2-6H2,1H3. The van der Waals surface area contributed by atoms with Gasteiger partial charge in [-0.1, -0.05) is 6.92 Å². The highest BCUT2D eigenvalue weighted by atomic mass is 32.1. The van der Waals surface area contributed by atoms with Crippen LogP contribution in [0.1, 0.15) is 30.0 Å². The molecule has 1 aliphatic heterocycles. The van der Waals surface area contributed by atoms with E-state index in [-0.39, 0.29) is 12.5 Å². The maximum absolute atomic E-state index is 9.03. The summed E-state index contributed by atoms with van der Waals surface area (Å²) in [5.41, 5.74) is 1.02. The van der Waals surface area contributed by atoms with Crippen molar-refractivity contribution in [2.45, 2.75) is 25.7 Å². The zero-order valence-electron chi connectivity index (χ0n) is 8.98. The van der Waals surface area contributed by atoms with Crippen LogP contribution in [0.15, 0.2) is 5.38 Å². The highest BCUT2D eigenvalue weighted by molar-refractivity contribution is 7.09. The number of aliphatic hydroxyl groups excluding tert-OH is 1. The molecule has 1 saturated heterocycles. The van der Waals surface area contributed by atoms with Crippen LogP contribution in [-0.4, -0.2) is 29.9 Å². The molecule has 2 atom stereocenters. The van der Waals surface area contributed by atoms with Crippen molar-refractivity contribution < 1.29 is 9.84 Å². The lowest BCUT2D eigenvalue weighted by Crippen LogP contribution is -2.04. The molecule has 0 aliphatic carbocycles. The Morgan fingerprint density at radius 1 is 1.73 bits per heavy atom. The summed E-state index contributed by atoms with van der Waals surface area (Å²) < 4.78 is 5.34. The normalized spacial score (nSPS) is 23.2. The predicted molar refractivity (Wildman–Crippen MR) is 60.2 cm³/mol. The fourth-order valence-corrected chi connectivity index (χ4v) is 2.76.